The number of nitrogens with zero attached hydrogens (tertiary/aromatic N) is 3. The molecule has 2 rings (SSSR count). The summed E-state index contributed by atoms with van der Waals surface area (Å²) >= 11 is 0. The average molecular weight is 275 g/mol. The first-order valence-corrected chi connectivity index (χ1v) is 6.16. The number of amides is 2. The maximum Gasteiger partial charge on any atom is 0.338 e. The molecule has 6 nitrogen and oxygen atoms in total. The van der Waals surface area contributed by atoms with E-state index in [0.29, 0.717) is 25.1 Å². The van der Waals surface area contributed by atoms with E-state index in [1.54, 1.807) is 12.3 Å². The molecule has 0 fully saturated rings. The Kier molecular flexibility index (Phi) is 4.27. The van der Waals surface area contributed by atoms with Gasteiger partial charge in [0.1, 0.15) is 5.82 Å². The van der Waals surface area contributed by atoms with Gasteiger partial charge in [-0.1, -0.05) is 0 Å². The number of carbonyl (C=O) groups is 1. The van der Waals surface area contributed by atoms with Gasteiger partial charge in [-0.3, -0.25) is 0 Å². The number of benzene rings is 1. The molecule has 1 aromatic rings. The fraction of sp³-hybridized carbons (Fsp3) is 0.308. The van der Waals surface area contributed by atoms with Gasteiger partial charge in [-0.2, -0.15) is 10.4 Å². The van der Waals surface area contributed by atoms with Crippen molar-refractivity contribution in [1.82, 2.24) is 10.3 Å². The molecule has 2 amide bonds. The summed E-state index contributed by atoms with van der Waals surface area (Å²) in [6.07, 6.45) is 2.06. The van der Waals surface area contributed by atoms with Crippen LogP contribution in [0.25, 0.3) is 0 Å². The van der Waals surface area contributed by atoms with Crippen molar-refractivity contribution in [1.29, 1.82) is 5.26 Å². The fourth-order valence-electron chi connectivity index (χ4n) is 2.02. The normalized spacial score (nSPS) is 17.1. The Morgan fingerprint density at radius 1 is 1.60 bits per heavy atom. The maximum absolute atomic E-state index is 13.5. The molecule has 0 saturated heterocycles. The van der Waals surface area contributed by atoms with Gasteiger partial charge in [0.2, 0.25) is 0 Å². The SMILES string of the molecule is N#Cc1cc(F)cc([C@@H]2CC=NN2C(=O)NCCN)c1. The quantitative estimate of drug-likeness (QED) is 0.864. The van der Waals surface area contributed by atoms with E-state index in [-0.39, 0.29) is 5.56 Å². The number of hydrazone groups is 1. The third kappa shape index (κ3) is 2.92. The summed E-state index contributed by atoms with van der Waals surface area (Å²) in [6, 6.07) is 5.12. The molecule has 0 unspecified atom stereocenters. The molecule has 0 spiro atoms. The summed E-state index contributed by atoms with van der Waals surface area (Å²) in [5, 5.41) is 16.7. The minimum atomic E-state index is -0.506. The minimum Gasteiger partial charge on any atom is -0.335 e. The topological polar surface area (TPSA) is 94.5 Å². The molecule has 0 aliphatic carbocycles. The van der Waals surface area contributed by atoms with Crippen LogP contribution in [0.1, 0.15) is 23.6 Å². The maximum atomic E-state index is 13.5. The zero-order valence-corrected chi connectivity index (χ0v) is 10.7. The van der Waals surface area contributed by atoms with Crippen LogP contribution in [0, 0.1) is 17.1 Å². The molecule has 1 aromatic carbocycles. The Morgan fingerprint density at radius 3 is 3.10 bits per heavy atom. The zero-order valence-electron chi connectivity index (χ0n) is 10.7. The standard InChI is InChI=1S/C13H14FN5O/c14-11-6-9(8-16)5-10(7-11)12-1-3-18-19(12)13(20)17-4-2-15/h3,5-7,12H,1-2,4,15H2,(H,17,20)/t12-/m0/s1. The van der Waals surface area contributed by atoms with E-state index in [9.17, 15) is 9.18 Å². The highest BCUT2D eigenvalue weighted by Crippen LogP contribution is 2.29. The first-order chi connectivity index (χ1) is 9.65. The first kappa shape index (κ1) is 14.0. The number of hydrogen-bond donors (Lipinski definition) is 2. The molecule has 1 heterocycles. The van der Waals surface area contributed by atoms with Gasteiger partial charge in [0.15, 0.2) is 0 Å². The van der Waals surface area contributed by atoms with Crippen LogP contribution in [0.4, 0.5) is 9.18 Å². The van der Waals surface area contributed by atoms with Crippen molar-refractivity contribution >= 4 is 12.2 Å². The van der Waals surface area contributed by atoms with E-state index in [1.165, 1.54) is 11.1 Å². The number of carbonyl (C=O) groups excluding carboxylic acids is 1. The summed E-state index contributed by atoms with van der Waals surface area (Å²) in [7, 11) is 0. The molecule has 1 aliphatic heterocycles. The number of urea groups is 1. The highest BCUT2D eigenvalue weighted by Gasteiger charge is 2.28. The summed E-state index contributed by atoms with van der Waals surface area (Å²) in [5.41, 5.74) is 6.08. The van der Waals surface area contributed by atoms with Crippen molar-refractivity contribution in [3.05, 3.63) is 35.1 Å². The number of nitrogens with one attached hydrogen (secondary N) is 1. The van der Waals surface area contributed by atoms with Crippen molar-refractivity contribution in [2.24, 2.45) is 10.8 Å². The van der Waals surface area contributed by atoms with Gasteiger partial charge in [-0.05, 0) is 23.8 Å². The number of nitriles is 1. The van der Waals surface area contributed by atoms with Gasteiger partial charge in [-0.15, -0.1) is 0 Å². The van der Waals surface area contributed by atoms with E-state index in [0.717, 1.165) is 6.07 Å². The van der Waals surface area contributed by atoms with Crippen molar-refractivity contribution < 1.29 is 9.18 Å². The Labute approximate surface area is 115 Å². The molecule has 1 atom stereocenters. The predicted molar refractivity (Wildman–Crippen MR) is 71.3 cm³/mol. The molecule has 0 bridgehead atoms. The summed E-state index contributed by atoms with van der Waals surface area (Å²) in [6.45, 7) is 0.663. The van der Waals surface area contributed by atoms with Gasteiger partial charge in [0.25, 0.3) is 0 Å². The molecule has 0 saturated carbocycles. The molecular formula is C13H14FN5O. The van der Waals surface area contributed by atoms with Crippen LogP contribution in [0.3, 0.4) is 0 Å². The van der Waals surface area contributed by atoms with E-state index >= 15 is 0 Å². The molecule has 7 heteroatoms. The third-order valence-corrected chi connectivity index (χ3v) is 2.89. The Morgan fingerprint density at radius 2 is 2.40 bits per heavy atom. The Hall–Kier alpha value is -2.46. The van der Waals surface area contributed by atoms with Crippen molar-refractivity contribution in [3.63, 3.8) is 0 Å². The molecule has 0 radical (unpaired) electrons. The van der Waals surface area contributed by atoms with E-state index < -0.39 is 17.9 Å². The number of rotatable bonds is 3. The zero-order chi connectivity index (χ0) is 14.5. The first-order valence-electron chi connectivity index (χ1n) is 6.16. The van der Waals surface area contributed by atoms with Crippen LogP contribution >= 0.6 is 0 Å². The van der Waals surface area contributed by atoms with Gasteiger partial charge >= 0.3 is 6.03 Å². The van der Waals surface area contributed by atoms with Gasteiger partial charge < -0.3 is 11.1 Å². The highest BCUT2D eigenvalue weighted by atomic mass is 19.1. The van der Waals surface area contributed by atoms with Gasteiger partial charge in [-0.25, -0.2) is 14.2 Å². The van der Waals surface area contributed by atoms with Crippen LogP contribution in [0.15, 0.2) is 23.3 Å². The lowest BCUT2D eigenvalue weighted by atomic mass is 10.0. The Balaban J connectivity index is 2.22. The summed E-state index contributed by atoms with van der Waals surface area (Å²) < 4.78 is 13.5. The van der Waals surface area contributed by atoms with Crippen LogP contribution in [-0.4, -0.2) is 30.3 Å². The summed E-state index contributed by atoms with van der Waals surface area (Å²) in [4.78, 5) is 11.9. The van der Waals surface area contributed by atoms with Crippen LogP contribution < -0.4 is 11.1 Å². The average Bonchev–Trinajstić information content (AvgIpc) is 2.93. The Bertz CT molecular complexity index is 581. The van der Waals surface area contributed by atoms with Crippen LogP contribution in [-0.2, 0) is 0 Å². The third-order valence-electron chi connectivity index (χ3n) is 2.89. The van der Waals surface area contributed by atoms with Crippen molar-refractivity contribution in [3.8, 4) is 6.07 Å². The molecule has 3 N–H and O–H groups in total. The number of hydrogen-bond acceptors (Lipinski definition) is 4. The molecule has 1 aliphatic rings. The lowest BCUT2D eigenvalue weighted by molar-refractivity contribution is 0.186. The predicted octanol–water partition coefficient (Wildman–Crippen LogP) is 1.10. The second-order valence-electron chi connectivity index (χ2n) is 4.30. The largest absolute Gasteiger partial charge is 0.338 e. The van der Waals surface area contributed by atoms with E-state index in [2.05, 4.69) is 10.4 Å². The van der Waals surface area contributed by atoms with Crippen LogP contribution in [0.5, 0.6) is 0 Å². The highest BCUT2D eigenvalue weighted by molar-refractivity contribution is 5.78. The van der Waals surface area contributed by atoms with Crippen LogP contribution in [0.2, 0.25) is 0 Å². The van der Waals surface area contributed by atoms with E-state index in [4.69, 9.17) is 11.0 Å². The second-order valence-corrected chi connectivity index (χ2v) is 4.30. The second kappa shape index (κ2) is 6.12. The number of halogens is 1. The van der Waals surface area contributed by atoms with Gasteiger partial charge in [0, 0.05) is 25.7 Å². The van der Waals surface area contributed by atoms with E-state index in [1.807, 2.05) is 6.07 Å². The molecule has 0 aromatic heterocycles. The number of nitrogens with two attached hydrogens (primary N) is 1. The minimum absolute atomic E-state index is 0.217. The smallest absolute Gasteiger partial charge is 0.335 e. The molecular weight excluding hydrogens is 261 g/mol. The van der Waals surface area contributed by atoms with Crippen molar-refractivity contribution in [2.75, 3.05) is 13.1 Å². The monoisotopic (exact) mass is 275 g/mol. The fourth-order valence-corrected chi connectivity index (χ4v) is 2.02. The van der Waals surface area contributed by atoms with Crippen molar-refractivity contribution in [2.45, 2.75) is 12.5 Å². The molecule has 104 valence electrons. The summed E-state index contributed by atoms with van der Waals surface area (Å²) in [5.74, 6) is -0.506. The lowest BCUT2D eigenvalue weighted by Gasteiger charge is -2.22. The molecule has 20 heavy (non-hydrogen) atoms. The van der Waals surface area contributed by atoms with Gasteiger partial charge in [0.05, 0.1) is 17.7 Å². The lowest BCUT2D eigenvalue weighted by Crippen LogP contribution is -2.39.